The Morgan fingerprint density at radius 2 is 2.18 bits per heavy atom. The van der Waals surface area contributed by atoms with Crippen LogP contribution in [0.4, 0.5) is 0 Å². The fraction of sp³-hybridized carbons (Fsp3) is 0. The van der Waals surface area contributed by atoms with Crippen molar-refractivity contribution in [1.29, 1.82) is 5.41 Å². The van der Waals surface area contributed by atoms with Crippen LogP contribution in [-0.2, 0) is 0 Å². The van der Waals surface area contributed by atoms with Crippen LogP contribution >= 0.6 is 23.4 Å². The van der Waals surface area contributed by atoms with Crippen molar-refractivity contribution in [2.24, 2.45) is 5.73 Å². The molecule has 0 spiro atoms. The Labute approximate surface area is 107 Å². The highest BCUT2D eigenvalue weighted by Crippen LogP contribution is 2.26. The Balaban J connectivity index is 2.30. The van der Waals surface area contributed by atoms with Crippen LogP contribution in [0.5, 0.6) is 0 Å². The van der Waals surface area contributed by atoms with Crippen molar-refractivity contribution >= 4 is 29.2 Å². The van der Waals surface area contributed by atoms with E-state index in [-0.39, 0.29) is 5.84 Å². The molecule has 2 heterocycles. The Morgan fingerprint density at radius 3 is 2.82 bits per heavy atom. The third-order valence-corrected chi connectivity index (χ3v) is 3.05. The number of aromatic nitrogens is 3. The molecule has 0 atom stereocenters. The second-order valence-corrected chi connectivity index (χ2v) is 4.53. The molecule has 0 fully saturated rings. The van der Waals surface area contributed by atoms with Gasteiger partial charge in [-0.1, -0.05) is 11.6 Å². The van der Waals surface area contributed by atoms with Gasteiger partial charge in [0.05, 0.1) is 16.8 Å². The van der Waals surface area contributed by atoms with Crippen molar-refractivity contribution in [3.63, 3.8) is 0 Å². The first-order chi connectivity index (χ1) is 8.16. The minimum absolute atomic E-state index is 0.0450. The lowest BCUT2D eigenvalue weighted by atomic mass is 10.3. The second kappa shape index (κ2) is 5.11. The summed E-state index contributed by atoms with van der Waals surface area (Å²) in [6.07, 6.45) is 3.05. The van der Waals surface area contributed by atoms with Crippen molar-refractivity contribution in [3.8, 4) is 0 Å². The number of nitrogen functional groups attached to an aromatic ring is 1. The fourth-order valence-electron chi connectivity index (χ4n) is 1.12. The number of pyridine rings is 1. The first kappa shape index (κ1) is 11.8. The van der Waals surface area contributed by atoms with E-state index in [9.17, 15) is 0 Å². The van der Waals surface area contributed by atoms with Gasteiger partial charge in [-0.15, -0.1) is 5.10 Å². The van der Waals surface area contributed by atoms with Gasteiger partial charge in [0.25, 0.3) is 0 Å². The number of halogens is 1. The lowest BCUT2D eigenvalue weighted by Gasteiger charge is -2.04. The Kier molecular flexibility index (Phi) is 3.55. The molecule has 86 valence electrons. The number of nitrogens with two attached hydrogens (primary N) is 1. The first-order valence-electron chi connectivity index (χ1n) is 4.62. The highest BCUT2D eigenvalue weighted by molar-refractivity contribution is 7.99. The lowest BCUT2D eigenvalue weighted by molar-refractivity contribution is 0.918. The first-order valence-corrected chi connectivity index (χ1v) is 5.82. The predicted molar refractivity (Wildman–Crippen MR) is 66.4 cm³/mol. The minimum Gasteiger partial charge on any atom is -0.384 e. The van der Waals surface area contributed by atoms with Gasteiger partial charge in [0.2, 0.25) is 0 Å². The second-order valence-electron chi connectivity index (χ2n) is 3.08. The normalized spacial score (nSPS) is 10.2. The van der Waals surface area contributed by atoms with E-state index in [4.69, 9.17) is 22.7 Å². The third kappa shape index (κ3) is 2.92. The van der Waals surface area contributed by atoms with E-state index in [2.05, 4.69) is 15.2 Å². The van der Waals surface area contributed by atoms with E-state index >= 15 is 0 Å². The van der Waals surface area contributed by atoms with E-state index in [1.165, 1.54) is 18.0 Å². The van der Waals surface area contributed by atoms with Crippen LogP contribution in [0.2, 0.25) is 5.02 Å². The molecule has 7 heteroatoms. The quantitative estimate of drug-likeness (QED) is 0.654. The van der Waals surface area contributed by atoms with Gasteiger partial charge in [0, 0.05) is 6.20 Å². The van der Waals surface area contributed by atoms with Crippen LogP contribution in [0.25, 0.3) is 0 Å². The molecule has 0 radical (unpaired) electrons. The predicted octanol–water partition coefficient (Wildman–Crippen LogP) is 1.96. The number of hydrogen-bond donors (Lipinski definition) is 2. The Bertz CT molecular complexity index is 543. The molecular formula is C10H8ClN5S. The van der Waals surface area contributed by atoms with Crippen LogP contribution < -0.4 is 5.73 Å². The molecule has 2 aromatic heterocycles. The Morgan fingerprint density at radius 1 is 1.35 bits per heavy atom. The van der Waals surface area contributed by atoms with Crippen LogP contribution in [-0.4, -0.2) is 21.0 Å². The summed E-state index contributed by atoms with van der Waals surface area (Å²) in [5.41, 5.74) is 6.00. The van der Waals surface area contributed by atoms with Gasteiger partial charge in [-0.05, 0) is 30.0 Å². The molecule has 17 heavy (non-hydrogen) atoms. The van der Waals surface area contributed by atoms with Gasteiger partial charge in [-0.25, -0.2) is 4.98 Å². The van der Waals surface area contributed by atoms with E-state index in [1.54, 1.807) is 24.4 Å². The van der Waals surface area contributed by atoms with E-state index in [1.807, 2.05) is 0 Å². The molecule has 5 nitrogen and oxygen atoms in total. The number of nitrogens with zero attached hydrogens (tertiary/aromatic N) is 3. The summed E-state index contributed by atoms with van der Waals surface area (Å²) in [4.78, 5) is 4.13. The zero-order valence-electron chi connectivity index (χ0n) is 8.59. The summed E-state index contributed by atoms with van der Waals surface area (Å²) >= 11 is 7.03. The topological polar surface area (TPSA) is 88.5 Å². The highest BCUT2D eigenvalue weighted by Gasteiger charge is 2.09. The number of nitrogens with one attached hydrogen (secondary N) is 1. The molecule has 0 unspecified atom stereocenters. The molecule has 0 saturated heterocycles. The molecule has 0 aliphatic heterocycles. The smallest absolute Gasteiger partial charge is 0.136 e. The maximum absolute atomic E-state index is 7.43. The Hall–Kier alpha value is -1.66. The van der Waals surface area contributed by atoms with Crippen LogP contribution in [0.3, 0.4) is 0 Å². The van der Waals surface area contributed by atoms with Crippen LogP contribution in [0, 0.1) is 5.41 Å². The number of amidine groups is 1. The summed E-state index contributed by atoms with van der Waals surface area (Å²) in [5, 5.41) is 17.0. The standard InChI is InChI=1S/C10H8ClN5S/c11-6-1-2-8(14-5-6)17-10-7(9(12)13)3-4-15-16-10/h1-5H,(H3,12,13). The maximum Gasteiger partial charge on any atom is 0.136 e. The summed E-state index contributed by atoms with van der Waals surface area (Å²) in [7, 11) is 0. The van der Waals surface area contributed by atoms with Gasteiger partial charge < -0.3 is 5.73 Å². The van der Waals surface area contributed by atoms with Gasteiger partial charge in [0.1, 0.15) is 15.9 Å². The molecule has 0 aliphatic carbocycles. The van der Waals surface area contributed by atoms with Crippen molar-refractivity contribution < 1.29 is 0 Å². The molecule has 0 aliphatic rings. The molecule has 2 rings (SSSR count). The minimum atomic E-state index is -0.0450. The van der Waals surface area contributed by atoms with Crippen molar-refractivity contribution in [2.75, 3.05) is 0 Å². The number of rotatable bonds is 3. The monoisotopic (exact) mass is 265 g/mol. The zero-order chi connectivity index (χ0) is 12.3. The average molecular weight is 266 g/mol. The molecule has 0 aromatic carbocycles. The molecule has 0 bridgehead atoms. The van der Waals surface area contributed by atoms with E-state index in [0.717, 1.165) is 5.03 Å². The van der Waals surface area contributed by atoms with Crippen molar-refractivity contribution in [3.05, 3.63) is 41.2 Å². The largest absolute Gasteiger partial charge is 0.384 e. The molecule has 2 aromatic rings. The SMILES string of the molecule is N=C(N)c1ccnnc1Sc1ccc(Cl)cn1. The van der Waals surface area contributed by atoms with E-state index < -0.39 is 0 Å². The summed E-state index contributed by atoms with van der Waals surface area (Å²) in [6.45, 7) is 0. The number of hydrogen-bond acceptors (Lipinski definition) is 5. The third-order valence-electron chi connectivity index (χ3n) is 1.88. The summed E-state index contributed by atoms with van der Waals surface area (Å²) in [5.74, 6) is -0.0450. The molecular weight excluding hydrogens is 258 g/mol. The summed E-state index contributed by atoms with van der Waals surface area (Å²) < 4.78 is 0. The van der Waals surface area contributed by atoms with Crippen LogP contribution in [0.1, 0.15) is 5.56 Å². The van der Waals surface area contributed by atoms with Crippen LogP contribution in [0.15, 0.2) is 40.6 Å². The lowest BCUT2D eigenvalue weighted by Crippen LogP contribution is -2.13. The molecule has 0 saturated carbocycles. The van der Waals surface area contributed by atoms with Gasteiger partial charge in [-0.2, -0.15) is 5.10 Å². The van der Waals surface area contributed by atoms with Gasteiger partial charge in [0.15, 0.2) is 0 Å². The maximum atomic E-state index is 7.43. The average Bonchev–Trinajstić information content (AvgIpc) is 2.32. The highest BCUT2D eigenvalue weighted by atomic mass is 35.5. The summed E-state index contributed by atoms with van der Waals surface area (Å²) in [6, 6.07) is 5.15. The molecule has 3 N–H and O–H groups in total. The fourth-order valence-corrected chi connectivity index (χ4v) is 2.05. The van der Waals surface area contributed by atoms with E-state index in [0.29, 0.717) is 15.6 Å². The van der Waals surface area contributed by atoms with Crippen molar-refractivity contribution in [2.45, 2.75) is 10.1 Å². The van der Waals surface area contributed by atoms with Gasteiger partial charge in [-0.3, -0.25) is 5.41 Å². The van der Waals surface area contributed by atoms with Gasteiger partial charge >= 0.3 is 0 Å². The molecule has 0 amide bonds. The van der Waals surface area contributed by atoms with Crippen molar-refractivity contribution in [1.82, 2.24) is 15.2 Å². The zero-order valence-corrected chi connectivity index (χ0v) is 10.2.